The summed E-state index contributed by atoms with van der Waals surface area (Å²) in [5.74, 6) is 1.46. The fourth-order valence-electron chi connectivity index (χ4n) is 11.3. The van der Waals surface area contributed by atoms with Crippen LogP contribution in [0.2, 0.25) is 0 Å². The highest BCUT2D eigenvalue weighted by molar-refractivity contribution is 5.61. The van der Waals surface area contributed by atoms with Crippen LogP contribution in [-0.4, -0.2) is 56.2 Å². The third-order valence-electron chi connectivity index (χ3n) is 13.1. The maximum Gasteiger partial charge on any atom is 0.146 e. The third-order valence-corrected chi connectivity index (χ3v) is 13.1. The molecule has 8 atom stereocenters. The lowest BCUT2D eigenvalue weighted by molar-refractivity contribution is -0.201. The maximum atomic E-state index is 13.6. The summed E-state index contributed by atoms with van der Waals surface area (Å²) < 4.78 is 40.4. The second-order valence-electron chi connectivity index (χ2n) is 14.5. The molecule has 2 spiro atoms. The number of fused-ring (bicyclic) bond motifs is 8. The van der Waals surface area contributed by atoms with Gasteiger partial charge < -0.3 is 18.9 Å². The molecular formula is C34H43FN2O4. The number of allylic oxidation sites excluding steroid dienone is 1. The van der Waals surface area contributed by atoms with Crippen LogP contribution in [0.1, 0.15) is 63.6 Å². The Morgan fingerprint density at radius 2 is 1.90 bits per heavy atom. The molecule has 0 radical (unpaired) electrons. The van der Waals surface area contributed by atoms with Crippen molar-refractivity contribution >= 4 is 6.08 Å². The largest absolute Gasteiger partial charge is 0.381 e. The minimum absolute atomic E-state index is 0.00238. The van der Waals surface area contributed by atoms with Crippen molar-refractivity contribution in [2.75, 3.05) is 40.3 Å². The molecule has 0 amide bonds. The van der Waals surface area contributed by atoms with Gasteiger partial charge in [0.25, 0.3) is 0 Å². The average molecular weight is 563 g/mol. The number of nitrogens with zero attached hydrogens (tertiary/aromatic N) is 2. The topological polar surface area (TPSA) is 54.7 Å². The van der Waals surface area contributed by atoms with Crippen molar-refractivity contribution < 1.29 is 23.3 Å². The van der Waals surface area contributed by atoms with Crippen molar-refractivity contribution in [3.05, 3.63) is 53.1 Å². The summed E-state index contributed by atoms with van der Waals surface area (Å²) in [6.07, 6.45) is 12.5. The molecule has 6 nitrogen and oxygen atoms in total. The lowest BCUT2D eigenvalue weighted by Crippen LogP contribution is -2.61. The minimum Gasteiger partial charge on any atom is -0.381 e. The number of halogens is 1. The second kappa shape index (κ2) is 9.22. The number of methoxy groups -OCH3 is 1. The molecule has 41 heavy (non-hydrogen) atoms. The highest BCUT2D eigenvalue weighted by Gasteiger charge is 2.73. The van der Waals surface area contributed by atoms with Crippen LogP contribution in [0.15, 0.2) is 36.0 Å². The van der Waals surface area contributed by atoms with E-state index in [-0.39, 0.29) is 33.6 Å². The average Bonchev–Trinajstić information content (AvgIpc) is 3.74. The SMILES string of the molecule is COCOC1CC2(C)C(CCC23COCC32CCOC2)C2CCC3=Cc4c(cnn4-c4ccc(F)cc4)CC3(C)C12. The predicted molar refractivity (Wildman–Crippen MR) is 153 cm³/mol. The van der Waals surface area contributed by atoms with Crippen molar-refractivity contribution in [1.29, 1.82) is 0 Å². The molecule has 6 aliphatic rings. The Kier molecular flexibility index (Phi) is 5.97. The first-order valence-corrected chi connectivity index (χ1v) is 15.6. The van der Waals surface area contributed by atoms with E-state index >= 15 is 0 Å². The second-order valence-corrected chi connectivity index (χ2v) is 14.5. The van der Waals surface area contributed by atoms with E-state index in [0.29, 0.717) is 24.5 Å². The van der Waals surface area contributed by atoms with E-state index < -0.39 is 0 Å². The first kappa shape index (κ1) is 26.6. The molecule has 5 fully saturated rings. The standard InChI is InChI=1S/C34H43FN2O4/c1-31-15-22-17-36-37(25-7-5-24(35)6-8-25)28(22)14-23(31)4-9-26-27-10-11-34(20-40-19-33(34)12-13-39-18-33)32(27,2)16-29(30(26)31)41-21-38-3/h5-8,14,17,26-27,29-30H,4,9-13,15-16,18-21H2,1-3H3. The normalized spacial score (nSPS) is 42.7. The van der Waals surface area contributed by atoms with Crippen molar-refractivity contribution in [3.8, 4) is 5.69 Å². The van der Waals surface area contributed by atoms with Gasteiger partial charge in [-0.25, -0.2) is 9.07 Å². The van der Waals surface area contributed by atoms with Crippen LogP contribution in [-0.2, 0) is 25.4 Å². The smallest absolute Gasteiger partial charge is 0.146 e. The van der Waals surface area contributed by atoms with Crippen molar-refractivity contribution in [2.45, 2.75) is 64.9 Å². The summed E-state index contributed by atoms with van der Waals surface area (Å²) in [5, 5.41) is 4.79. The van der Waals surface area contributed by atoms with Gasteiger partial charge in [-0.3, -0.25) is 0 Å². The molecule has 1 aromatic heterocycles. The molecule has 3 saturated carbocycles. The molecule has 220 valence electrons. The Hall–Kier alpha value is -2.06. The van der Waals surface area contributed by atoms with Crippen LogP contribution in [0.4, 0.5) is 4.39 Å². The van der Waals surface area contributed by atoms with Gasteiger partial charge in [0.1, 0.15) is 12.6 Å². The summed E-state index contributed by atoms with van der Waals surface area (Å²) in [6, 6.07) is 6.65. The fourth-order valence-corrected chi connectivity index (χ4v) is 11.3. The summed E-state index contributed by atoms with van der Waals surface area (Å²) in [7, 11) is 1.74. The Morgan fingerprint density at radius 1 is 1.07 bits per heavy atom. The Balaban J connectivity index is 1.18. The Bertz CT molecular complexity index is 1360. The van der Waals surface area contributed by atoms with Crippen molar-refractivity contribution in [3.63, 3.8) is 0 Å². The van der Waals surface area contributed by atoms with E-state index in [1.54, 1.807) is 7.11 Å². The Morgan fingerprint density at radius 3 is 2.68 bits per heavy atom. The van der Waals surface area contributed by atoms with Crippen LogP contribution < -0.4 is 0 Å². The monoisotopic (exact) mass is 562 g/mol. The van der Waals surface area contributed by atoms with E-state index in [2.05, 4.69) is 19.9 Å². The molecule has 4 aliphatic carbocycles. The van der Waals surface area contributed by atoms with Gasteiger partial charge in [0.05, 0.1) is 43.5 Å². The number of hydrogen-bond acceptors (Lipinski definition) is 5. The molecular weight excluding hydrogens is 519 g/mol. The van der Waals surface area contributed by atoms with Gasteiger partial charge in [0.2, 0.25) is 0 Å². The van der Waals surface area contributed by atoms with E-state index in [0.717, 1.165) is 63.5 Å². The number of rotatable bonds is 4. The third kappa shape index (κ3) is 3.46. The van der Waals surface area contributed by atoms with Gasteiger partial charge in [-0.05, 0) is 109 Å². The Labute approximate surface area is 242 Å². The van der Waals surface area contributed by atoms with Crippen LogP contribution in [0.3, 0.4) is 0 Å². The van der Waals surface area contributed by atoms with E-state index in [4.69, 9.17) is 24.0 Å². The lowest BCUT2D eigenvalue weighted by Gasteiger charge is -2.63. The van der Waals surface area contributed by atoms with Crippen LogP contribution in [0, 0.1) is 45.2 Å². The first-order chi connectivity index (χ1) is 19.8. The van der Waals surface area contributed by atoms with Gasteiger partial charge in [-0.2, -0.15) is 5.10 Å². The van der Waals surface area contributed by atoms with Gasteiger partial charge in [0.15, 0.2) is 0 Å². The highest BCUT2D eigenvalue weighted by atomic mass is 19.1. The molecule has 2 aromatic rings. The van der Waals surface area contributed by atoms with Crippen LogP contribution >= 0.6 is 0 Å². The zero-order valence-electron chi connectivity index (χ0n) is 24.7. The van der Waals surface area contributed by atoms with Gasteiger partial charge >= 0.3 is 0 Å². The molecule has 1 aromatic carbocycles. The van der Waals surface area contributed by atoms with Crippen molar-refractivity contribution in [2.24, 2.45) is 39.4 Å². The predicted octanol–water partition coefficient (Wildman–Crippen LogP) is 6.22. The van der Waals surface area contributed by atoms with E-state index in [9.17, 15) is 4.39 Å². The maximum absolute atomic E-state index is 13.6. The molecule has 8 rings (SSSR count). The highest BCUT2D eigenvalue weighted by Crippen LogP contribution is 2.75. The molecule has 0 N–H and O–H groups in total. The number of ether oxygens (including phenoxy) is 4. The molecule has 7 heteroatoms. The van der Waals surface area contributed by atoms with Gasteiger partial charge in [-0.1, -0.05) is 19.4 Å². The summed E-state index contributed by atoms with van der Waals surface area (Å²) >= 11 is 0. The van der Waals surface area contributed by atoms with Crippen molar-refractivity contribution in [1.82, 2.24) is 9.78 Å². The minimum atomic E-state index is -0.227. The number of hydrogen-bond donors (Lipinski definition) is 0. The molecule has 8 unspecified atom stereocenters. The zero-order valence-corrected chi connectivity index (χ0v) is 24.7. The van der Waals surface area contributed by atoms with E-state index in [1.807, 2.05) is 23.0 Å². The molecule has 2 aliphatic heterocycles. The summed E-state index contributed by atoms with van der Waals surface area (Å²) in [6.45, 7) is 8.84. The number of benzene rings is 1. The quantitative estimate of drug-likeness (QED) is 0.415. The molecule has 2 saturated heterocycles. The van der Waals surface area contributed by atoms with Crippen LogP contribution in [0.25, 0.3) is 11.8 Å². The van der Waals surface area contributed by atoms with Gasteiger partial charge in [0, 0.05) is 24.5 Å². The number of aromatic nitrogens is 2. The van der Waals surface area contributed by atoms with Crippen LogP contribution in [0.5, 0.6) is 0 Å². The zero-order chi connectivity index (χ0) is 28.0. The molecule has 3 heterocycles. The van der Waals surface area contributed by atoms with E-state index in [1.165, 1.54) is 42.5 Å². The first-order valence-electron chi connectivity index (χ1n) is 15.6. The summed E-state index contributed by atoms with van der Waals surface area (Å²) in [5.41, 5.74) is 5.29. The molecule has 0 bridgehead atoms. The fraction of sp³-hybridized carbons (Fsp3) is 0.676. The summed E-state index contributed by atoms with van der Waals surface area (Å²) in [4.78, 5) is 0. The van der Waals surface area contributed by atoms with Gasteiger partial charge in [-0.15, -0.1) is 0 Å². The lowest BCUT2D eigenvalue weighted by atomic mass is 9.42.